The number of methoxy groups -OCH3 is 2. The third-order valence-electron chi connectivity index (χ3n) is 14.3. The zero-order chi connectivity index (χ0) is 46.0. The summed E-state index contributed by atoms with van der Waals surface area (Å²) in [7, 11) is 2.58. The van der Waals surface area contributed by atoms with Gasteiger partial charge in [-0.2, -0.15) is 0 Å². The fraction of sp³-hybridized carbons (Fsp3) is 0.392. The van der Waals surface area contributed by atoms with Crippen molar-refractivity contribution in [2.75, 3.05) is 27.3 Å². The Kier molecular flexibility index (Phi) is 12.4. The third kappa shape index (κ3) is 8.73. The van der Waals surface area contributed by atoms with Gasteiger partial charge in [0.1, 0.15) is 23.7 Å². The minimum atomic E-state index is -0.885. The maximum atomic E-state index is 14.1. The molecule has 66 heavy (non-hydrogen) atoms. The minimum Gasteiger partial charge on any atom is -0.453 e. The summed E-state index contributed by atoms with van der Waals surface area (Å²) in [6.07, 6.45) is 9.40. The van der Waals surface area contributed by atoms with E-state index in [0.717, 1.165) is 90.7 Å². The molecule has 6 aromatic rings. The number of nitrogens with one attached hydrogen (secondary N) is 4. The van der Waals surface area contributed by atoms with E-state index in [4.69, 9.17) is 24.4 Å². The summed E-state index contributed by atoms with van der Waals surface area (Å²) < 4.78 is 9.72. The SMILES string of the molecule is COC(=O)N[C@@H](C(=O)N1CCC[C@H]1c1ncc(-c2ccc3nc(C4(C)CCC(C)(c5cnc([C@@H]6CCCN6C(=O)[C@H](NC(=O)OC)c6ccccc6)[nH]5)CC4)ccc3c2)[nH]1)c1ccccc1. The van der Waals surface area contributed by atoms with E-state index in [1.165, 1.54) is 14.2 Å². The van der Waals surface area contributed by atoms with Crippen molar-refractivity contribution in [3.63, 3.8) is 0 Å². The van der Waals surface area contributed by atoms with Crippen LogP contribution >= 0.6 is 0 Å². The Hall–Kier alpha value is -7.03. The number of hydrogen-bond acceptors (Lipinski definition) is 9. The van der Waals surface area contributed by atoms with Crippen LogP contribution in [0.25, 0.3) is 22.2 Å². The van der Waals surface area contributed by atoms with Crippen molar-refractivity contribution in [2.24, 2.45) is 0 Å². The van der Waals surface area contributed by atoms with Crippen LogP contribution in [0, 0.1) is 0 Å². The Labute approximate surface area is 384 Å². The van der Waals surface area contributed by atoms with Crippen molar-refractivity contribution in [2.45, 2.75) is 100 Å². The number of aromatic amines is 2. The molecule has 4 atom stereocenters. The highest BCUT2D eigenvalue weighted by molar-refractivity contribution is 5.88. The molecule has 0 bridgehead atoms. The number of rotatable bonds is 11. The highest BCUT2D eigenvalue weighted by Gasteiger charge is 2.43. The second kappa shape index (κ2) is 18.5. The number of carbonyl (C=O) groups is 4. The van der Waals surface area contributed by atoms with Crippen LogP contribution in [0.5, 0.6) is 0 Å². The van der Waals surface area contributed by atoms with Crippen molar-refractivity contribution in [3.8, 4) is 11.3 Å². The molecule has 0 radical (unpaired) electrons. The molecule has 4 amide bonds. The van der Waals surface area contributed by atoms with Gasteiger partial charge in [-0.05, 0) is 80.7 Å². The molecule has 1 saturated carbocycles. The first kappa shape index (κ1) is 44.2. The molecule has 0 spiro atoms. The highest BCUT2D eigenvalue weighted by atomic mass is 16.5. The molecule has 3 fully saturated rings. The van der Waals surface area contributed by atoms with Gasteiger partial charge in [0.05, 0.1) is 43.7 Å². The molecule has 3 aromatic carbocycles. The van der Waals surface area contributed by atoms with E-state index in [-0.39, 0.29) is 34.7 Å². The smallest absolute Gasteiger partial charge is 0.407 e. The Bertz CT molecular complexity index is 2710. The van der Waals surface area contributed by atoms with Crippen molar-refractivity contribution in [3.05, 3.63) is 138 Å². The zero-order valence-corrected chi connectivity index (χ0v) is 37.9. The Morgan fingerprint density at radius 2 is 1.20 bits per heavy atom. The summed E-state index contributed by atoms with van der Waals surface area (Å²) in [4.78, 5) is 78.3. The van der Waals surface area contributed by atoms with E-state index < -0.39 is 24.3 Å². The average Bonchev–Trinajstić information content (AvgIpc) is 4.21. The summed E-state index contributed by atoms with van der Waals surface area (Å²) in [5.41, 5.74) is 6.03. The summed E-state index contributed by atoms with van der Waals surface area (Å²) >= 11 is 0. The minimum absolute atomic E-state index is 0.113. The Morgan fingerprint density at radius 1 is 0.667 bits per heavy atom. The molecule has 15 heteroatoms. The van der Waals surface area contributed by atoms with E-state index in [1.807, 2.05) is 78.0 Å². The molecule has 3 aliphatic rings. The third-order valence-corrected chi connectivity index (χ3v) is 14.3. The van der Waals surface area contributed by atoms with Gasteiger partial charge in [0, 0.05) is 52.5 Å². The number of likely N-dealkylation sites (tertiary alicyclic amines) is 2. The van der Waals surface area contributed by atoms with Crippen LogP contribution in [0.2, 0.25) is 0 Å². The number of alkyl carbamates (subject to hydrolysis) is 2. The monoisotopic (exact) mass is 891 g/mol. The van der Waals surface area contributed by atoms with Gasteiger partial charge in [-0.15, -0.1) is 0 Å². The predicted octanol–water partition coefficient (Wildman–Crippen LogP) is 8.66. The summed E-state index contributed by atoms with van der Waals surface area (Å²) in [6, 6.07) is 26.8. The number of amides is 4. The second-order valence-electron chi connectivity index (χ2n) is 18.4. The molecule has 2 saturated heterocycles. The largest absolute Gasteiger partial charge is 0.453 e. The van der Waals surface area contributed by atoms with E-state index >= 15 is 0 Å². The molecular weight excluding hydrogens is 835 g/mol. The number of fused-ring (bicyclic) bond motifs is 1. The lowest BCUT2D eigenvalue weighted by molar-refractivity contribution is -0.135. The van der Waals surface area contributed by atoms with Gasteiger partial charge < -0.3 is 39.9 Å². The molecule has 15 nitrogen and oxygen atoms in total. The zero-order valence-electron chi connectivity index (χ0n) is 37.9. The van der Waals surface area contributed by atoms with Gasteiger partial charge in [-0.1, -0.05) is 86.6 Å². The number of H-pyrrole nitrogens is 2. The van der Waals surface area contributed by atoms with Gasteiger partial charge in [-0.25, -0.2) is 19.6 Å². The number of aromatic nitrogens is 5. The lowest BCUT2D eigenvalue weighted by Crippen LogP contribution is -2.43. The maximum absolute atomic E-state index is 14.1. The molecule has 0 unspecified atom stereocenters. The lowest BCUT2D eigenvalue weighted by Gasteiger charge is -2.42. The van der Waals surface area contributed by atoms with E-state index in [1.54, 1.807) is 4.90 Å². The van der Waals surface area contributed by atoms with Gasteiger partial charge in [-0.3, -0.25) is 14.6 Å². The number of hydrogen-bond donors (Lipinski definition) is 4. The quantitative estimate of drug-likeness (QED) is 0.0987. The number of carbonyl (C=O) groups excluding carboxylic acids is 4. The van der Waals surface area contributed by atoms with Crippen LogP contribution in [-0.4, -0.2) is 86.0 Å². The lowest BCUT2D eigenvalue weighted by atomic mass is 9.63. The summed E-state index contributed by atoms with van der Waals surface area (Å²) in [5, 5.41) is 6.50. The van der Waals surface area contributed by atoms with E-state index in [2.05, 4.69) is 64.8 Å². The molecule has 4 N–H and O–H groups in total. The van der Waals surface area contributed by atoms with Crippen LogP contribution in [0.1, 0.15) is 124 Å². The summed E-state index contributed by atoms with van der Waals surface area (Å²) in [5.74, 6) is 1.08. The molecule has 3 aromatic heterocycles. The fourth-order valence-electron chi connectivity index (χ4n) is 10.2. The van der Waals surface area contributed by atoms with Crippen LogP contribution in [0.15, 0.2) is 103 Å². The first-order chi connectivity index (χ1) is 32.0. The van der Waals surface area contributed by atoms with Crippen molar-refractivity contribution in [1.29, 1.82) is 0 Å². The average molecular weight is 892 g/mol. The first-order valence-electron chi connectivity index (χ1n) is 22.9. The van der Waals surface area contributed by atoms with E-state index in [9.17, 15) is 19.2 Å². The van der Waals surface area contributed by atoms with Crippen molar-refractivity contribution < 1.29 is 28.7 Å². The number of imidazole rings is 2. The van der Waals surface area contributed by atoms with Crippen molar-refractivity contribution >= 4 is 34.9 Å². The van der Waals surface area contributed by atoms with Crippen LogP contribution in [0.4, 0.5) is 9.59 Å². The highest BCUT2D eigenvalue weighted by Crippen LogP contribution is 2.48. The number of benzene rings is 3. The molecule has 342 valence electrons. The first-order valence-corrected chi connectivity index (χ1v) is 22.9. The molecule has 1 aliphatic carbocycles. The maximum Gasteiger partial charge on any atom is 0.407 e. The van der Waals surface area contributed by atoms with Crippen LogP contribution in [0.3, 0.4) is 0 Å². The fourth-order valence-corrected chi connectivity index (χ4v) is 10.2. The number of nitrogens with zero attached hydrogens (tertiary/aromatic N) is 5. The van der Waals surface area contributed by atoms with Crippen LogP contribution < -0.4 is 10.6 Å². The normalized spacial score (nSPS) is 22.7. The topological polar surface area (TPSA) is 188 Å². The second-order valence-corrected chi connectivity index (χ2v) is 18.4. The van der Waals surface area contributed by atoms with Gasteiger partial charge in [0.25, 0.3) is 11.8 Å². The van der Waals surface area contributed by atoms with Gasteiger partial charge in [0.15, 0.2) is 0 Å². The number of ether oxygens (including phenoxy) is 2. The van der Waals surface area contributed by atoms with Crippen molar-refractivity contribution in [1.82, 2.24) is 45.4 Å². The van der Waals surface area contributed by atoms with Crippen LogP contribution in [-0.2, 0) is 29.9 Å². The predicted molar refractivity (Wildman–Crippen MR) is 248 cm³/mol. The molecule has 2 aliphatic heterocycles. The molecule has 5 heterocycles. The molecular formula is C51H57N9O6. The standard InChI is InChI=1S/C51H57N9O6/c1-50(23-25-51(2,26-24-50)41-31-53-45(56-41)39-18-12-28-60(39)47(62)43(58-49(64)66-4)33-15-9-6-10-16-33)40-22-20-34-29-35(19-21-36(34)54-40)37-30-52-44(55-37)38-17-11-27-59(38)46(61)42(57-48(63)65-3)32-13-7-5-8-14-32/h5-10,13-16,19-22,29-31,38-39,42-43H,11-12,17-18,23-28H2,1-4H3,(H,52,55)(H,53,56)(H,57,63)(H,58,64)/t38-,39-,42+,43+,50?,51?/m0/s1. The molecule has 9 rings (SSSR count). The summed E-state index contributed by atoms with van der Waals surface area (Å²) in [6.45, 7) is 5.74. The van der Waals surface area contributed by atoms with E-state index in [0.29, 0.717) is 30.0 Å². The Morgan fingerprint density at radius 3 is 1.76 bits per heavy atom. The number of pyridine rings is 1. The van der Waals surface area contributed by atoms with Gasteiger partial charge in [0.2, 0.25) is 0 Å². The van der Waals surface area contributed by atoms with Gasteiger partial charge >= 0.3 is 12.2 Å². The Balaban J connectivity index is 0.860.